The Labute approximate surface area is 88.2 Å². The van der Waals surface area contributed by atoms with E-state index in [0.717, 1.165) is 5.69 Å². The van der Waals surface area contributed by atoms with E-state index in [1.54, 1.807) is 6.07 Å². The van der Waals surface area contributed by atoms with Crippen LogP contribution in [-0.2, 0) is 6.54 Å². The highest BCUT2D eigenvalue weighted by Gasteiger charge is 2.29. The number of pyridine rings is 1. The first kappa shape index (κ1) is 10.4. The molecule has 0 spiro atoms. The number of aliphatic hydroxyl groups excluding tert-OH is 2. The van der Waals surface area contributed by atoms with E-state index < -0.39 is 12.2 Å². The lowest BCUT2D eigenvalue weighted by Crippen LogP contribution is -2.22. The highest BCUT2D eigenvalue weighted by molar-refractivity contribution is 5.28. The van der Waals surface area contributed by atoms with Gasteiger partial charge in [-0.25, -0.2) is 4.98 Å². The second-order valence-electron chi connectivity index (χ2n) is 3.88. The van der Waals surface area contributed by atoms with Crippen molar-refractivity contribution in [1.29, 1.82) is 0 Å². The molecule has 5 nitrogen and oxygen atoms in total. The van der Waals surface area contributed by atoms with Crippen molar-refractivity contribution in [2.75, 3.05) is 18.8 Å². The Hall–Kier alpha value is -1.17. The average Bonchev–Trinajstić information content (AvgIpc) is 2.45. The summed E-state index contributed by atoms with van der Waals surface area (Å²) in [6, 6.07) is 5.46. The number of rotatable bonds is 2. The van der Waals surface area contributed by atoms with Gasteiger partial charge >= 0.3 is 0 Å². The summed E-state index contributed by atoms with van der Waals surface area (Å²) in [7, 11) is 0. The molecule has 0 amide bonds. The zero-order valence-corrected chi connectivity index (χ0v) is 8.37. The molecule has 2 heterocycles. The number of aliphatic hydroxyl groups is 2. The third-order valence-corrected chi connectivity index (χ3v) is 2.55. The summed E-state index contributed by atoms with van der Waals surface area (Å²) in [6.45, 7) is 1.58. The fourth-order valence-electron chi connectivity index (χ4n) is 1.79. The molecule has 2 atom stereocenters. The second kappa shape index (κ2) is 4.14. The van der Waals surface area contributed by atoms with Crippen molar-refractivity contribution in [1.82, 2.24) is 9.88 Å². The van der Waals surface area contributed by atoms with Crippen LogP contribution in [-0.4, -0.2) is 45.4 Å². The Balaban J connectivity index is 1.98. The number of aromatic nitrogens is 1. The quantitative estimate of drug-likeness (QED) is 0.594. The molecular formula is C10H15N3O2. The maximum Gasteiger partial charge on any atom is 0.123 e. The van der Waals surface area contributed by atoms with Crippen LogP contribution in [0.1, 0.15) is 5.69 Å². The SMILES string of the molecule is Nc1cccc(CN2CC(O)C(O)C2)n1. The van der Waals surface area contributed by atoms with Crippen LogP contribution in [0.2, 0.25) is 0 Å². The summed E-state index contributed by atoms with van der Waals surface area (Å²) >= 11 is 0. The van der Waals surface area contributed by atoms with Gasteiger partial charge in [0.1, 0.15) is 5.82 Å². The van der Waals surface area contributed by atoms with E-state index in [9.17, 15) is 10.2 Å². The molecule has 1 aliphatic rings. The summed E-state index contributed by atoms with van der Waals surface area (Å²) in [6.07, 6.45) is -1.29. The Morgan fingerprint density at radius 2 is 2.00 bits per heavy atom. The lowest BCUT2D eigenvalue weighted by molar-refractivity contribution is 0.0572. The molecule has 1 aromatic rings. The van der Waals surface area contributed by atoms with Crippen LogP contribution in [0.5, 0.6) is 0 Å². The Morgan fingerprint density at radius 1 is 1.33 bits per heavy atom. The van der Waals surface area contributed by atoms with Crippen molar-refractivity contribution in [3.8, 4) is 0 Å². The number of β-amino-alcohol motifs (C(OH)–C–C–N with tert-alkyl or cyclic N) is 2. The molecule has 4 N–H and O–H groups in total. The Morgan fingerprint density at radius 3 is 2.60 bits per heavy atom. The van der Waals surface area contributed by atoms with Crippen LogP contribution < -0.4 is 5.73 Å². The second-order valence-corrected chi connectivity index (χ2v) is 3.88. The molecule has 1 aromatic heterocycles. The third-order valence-electron chi connectivity index (χ3n) is 2.55. The van der Waals surface area contributed by atoms with Gasteiger partial charge in [0.15, 0.2) is 0 Å². The first-order valence-electron chi connectivity index (χ1n) is 4.95. The highest BCUT2D eigenvalue weighted by Crippen LogP contribution is 2.13. The highest BCUT2D eigenvalue weighted by atomic mass is 16.3. The number of hydrogen-bond acceptors (Lipinski definition) is 5. The fraction of sp³-hybridized carbons (Fsp3) is 0.500. The summed E-state index contributed by atoms with van der Waals surface area (Å²) in [5, 5.41) is 18.7. The number of hydrogen-bond donors (Lipinski definition) is 3. The van der Waals surface area contributed by atoms with Crippen molar-refractivity contribution in [2.24, 2.45) is 0 Å². The minimum absolute atomic E-state index is 0.484. The predicted molar refractivity (Wildman–Crippen MR) is 55.9 cm³/mol. The van der Waals surface area contributed by atoms with Crippen LogP contribution in [0.25, 0.3) is 0 Å². The van der Waals surface area contributed by atoms with Crippen LogP contribution in [0.4, 0.5) is 5.82 Å². The number of nitrogens with zero attached hydrogens (tertiary/aromatic N) is 2. The van der Waals surface area contributed by atoms with E-state index >= 15 is 0 Å². The van der Waals surface area contributed by atoms with Gasteiger partial charge in [0.05, 0.1) is 17.9 Å². The molecule has 1 saturated heterocycles. The van der Waals surface area contributed by atoms with Gasteiger partial charge in [-0.15, -0.1) is 0 Å². The third kappa shape index (κ3) is 2.44. The molecule has 1 aliphatic heterocycles. The molecule has 0 aliphatic carbocycles. The first-order chi connectivity index (χ1) is 7.15. The first-order valence-corrected chi connectivity index (χ1v) is 4.95. The molecule has 0 bridgehead atoms. The van der Waals surface area contributed by atoms with Gasteiger partial charge in [-0.2, -0.15) is 0 Å². The maximum absolute atomic E-state index is 9.36. The van der Waals surface area contributed by atoms with Crippen LogP contribution >= 0.6 is 0 Å². The van der Waals surface area contributed by atoms with E-state index in [-0.39, 0.29) is 0 Å². The smallest absolute Gasteiger partial charge is 0.123 e. The average molecular weight is 209 g/mol. The number of nitrogens with two attached hydrogens (primary N) is 1. The Kier molecular flexibility index (Phi) is 2.86. The largest absolute Gasteiger partial charge is 0.389 e. The zero-order valence-electron chi connectivity index (χ0n) is 8.37. The molecule has 0 aromatic carbocycles. The standard InChI is InChI=1S/C10H15N3O2/c11-10-3-1-2-7(12-10)4-13-5-8(14)9(15)6-13/h1-3,8-9,14-15H,4-6H2,(H2,11,12). The van der Waals surface area contributed by atoms with Gasteiger partial charge in [-0.3, -0.25) is 4.90 Å². The molecule has 15 heavy (non-hydrogen) atoms. The number of likely N-dealkylation sites (tertiary alicyclic amines) is 1. The number of anilines is 1. The molecular weight excluding hydrogens is 194 g/mol. The molecule has 2 rings (SSSR count). The fourth-order valence-corrected chi connectivity index (χ4v) is 1.79. The normalized spacial score (nSPS) is 27.1. The topological polar surface area (TPSA) is 82.6 Å². The van der Waals surface area contributed by atoms with Crippen LogP contribution in [0.15, 0.2) is 18.2 Å². The monoisotopic (exact) mass is 209 g/mol. The minimum atomic E-state index is -0.647. The van der Waals surface area contributed by atoms with Gasteiger partial charge in [-0.1, -0.05) is 6.07 Å². The van der Waals surface area contributed by atoms with Crippen molar-refractivity contribution >= 4 is 5.82 Å². The summed E-state index contributed by atoms with van der Waals surface area (Å²) in [4.78, 5) is 6.12. The Bertz CT molecular complexity index is 335. The summed E-state index contributed by atoms with van der Waals surface area (Å²) in [5.74, 6) is 0.493. The van der Waals surface area contributed by atoms with E-state index in [2.05, 4.69) is 4.98 Å². The van der Waals surface area contributed by atoms with Gasteiger partial charge in [0.2, 0.25) is 0 Å². The molecule has 0 saturated carbocycles. The molecule has 1 fully saturated rings. The van der Waals surface area contributed by atoms with Gasteiger partial charge in [0.25, 0.3) is 0 Å². The van der Waals surface area contributed by atoms with E-state index in [1.165, 1.54) is 0 Å². The molecule has 5 heteroatoms. The molecule has 82 valence electrons. The maximum atomic E-state index is 9.36. The van der Waals surface area contributed by atoms with Crippen molar-refractivity contribution in [3.05, 3.63) is 23.9 Å². The van der Waals surface area contributed by atoms with Gasteiger partial charge < -0.3 is 15.9 Å². The van der Waals surface area contributed by atoms with Crippen molar-refractivity contribution in [3.63, 3.8) is 0 Å². The molecule has 2 unspecified atom stereocenters. The van der Waals surface area contributed by atoms with E-state index in [4.69, 9.17) is 5.73 Å². The van der Waals surface area contributed by atoms with Crippen LogP contribution in [0, 0.1) is 0 Å². The lowest BCUT2D eigenvalue weighted by Gasteiger charge is -2.13. The summed E-state index contributed by atoms with van der Waals surface area (Å²) in [5.41, 5.74) is 6.42. The van der Waals surface area contributed by atoms with Crippen molar-refractivity contribution < 1.29 is 10.2 Å². The summed E-state index contributed by atoms with van der Waals surface area (Å²) < 4.78 is 0. The minimum Gasteiger partial charge on any atom is -0.389 e. The van der Waals surface area contributed by atoms with Gasteiger partial charge in [-0.05, 0) is 12.1 Å². The van der Waals surface area contributed by atoms with Gasteiger partial charge in [0, 0.05) is 19.6 Å². The zero-order chi connectivity index (χ0) is 10.8. The van der Waals surface area contributed by atoms with E-state index in [0.29, 0.717) is 25.5 Å². The lowest BCUT2D eigenvalue weighted by atomic mass is 10.3. The predicted octanol–water partition coefficient (Wildman–Crippen LogP) is -0.799. The number of nitrogen functional groups attached to an aromatic ring is 1. The van der Waals surface area contributed by atoms with E-state index in [1.807, 2.05) is 17.0 Å². The van der Waals surface area contributed by atoms with Crippen molar-refractivity contribution in [2.45, 2.75) is 18.8 Å². The van der Waals surface area contributed by atoms with Crippen LogP contribution in [0.3, 0.4) is 0 Å². The molecule has 0 radical (unpaired) electrons.